The highest BCUT2D eigenvalue weighted by Gasteiger charge is 2.39. The lowest BCUT2D eigenvalue weighted by Gasteiger charge is -2.35. The lowest BCUT2D eigenvalue weighted by atomic mass is 10.0. The molecule has 1 aromatic rings. The minimum atomic E-state index is -0.0348. The minimum Gasteiger partial charge on any atom is -0.352 e. The summed E-state index contributed by atoms with van der Waals surface area (Å²) < 4.78 is 11.8. The molecule has 1 saturated heterocycles. The maximum absolute atomic E-state index is 6.08. The Morgan fingerprint density at radius 1 is 1.25 bits per heavy atom. The zero-order chi connectivity index (χ0) is 11.1. The summed E-state index contributed by atoms with van der Waals surface area (Å²) >= 11 is 0. The van der Waals surface area contributed by atoms with E-state index in [1.807, 2.05) is 0 Å². The number of ether oxygens (including phenoxy) is 2. The van der Waals surface area contributed by atoms with Crippen LogP contribution in [0.15, 0.2) is 24.3 Å². The molecule has 2 heteroatoms. The van der Waals surface area contributed by atoms with Crippen molar-refractivity contribution in [3.63, 3.8) is 0 Å². The molecule has 16 heavy (non-hydrogen) atoms. The monoisotopic (exact) mass is 218 g/mol. The van der Waals surface area contributed by atoms with Gasteiger partial charge in [0.25, 0.3) is 0 Å². The molecule has 1 aliphatic carbocycles. The fourth-order valence-corrected chi connectivity index (χ4v) is 2.72. The summed E-state index contributed by atoms with van der Waals surface area (Å²) in [4.78, 5) is 0. The van der Waals surface area contributed by atoms with Gasteiger partial charge in [-0.1, -0.05) is 38.1 Å². The standard InChI is InChI=1S/C14H18O2/c1-9(2)14-15-8-11-7-10-5-3-4-6-12(10)13(11)16-14/h3-6,9,11,13-14H,7-8H2,1-2H3/t11-,13-,14+/m0/s1. The minimum absolute atomic E-state index is 0.0348. The second-order valence-electron chi connectivity index (χ2n) is 5.17. The second-order valence-corrected chi connectivity index (χ2v) is 5.17. The van der Waals surface area contributed by atoms with Gasteiger partial charge in [-0.15, -0.1) is 0 Å². The van der Waals surface area contributed by atoms with E-state index in [0.29, 0.717) is 11.8 Å². The summed E-state index contributed by atoms with van der Waals surface area (Å²) in [5.41, 5.74) is 2.81. The third-order valence-electron chi connectivity index (χ3n) is 3.57. The highest BCUT2D eigenvalue weighted by molar-refractivity contribution is 5.35. The fourth-order valence-electron chi connectivity index (χ4n) is 2.72. The van der Waals surface area contributed by atoms with Crippen LogP contribution in [0.1, 0.15) is 31.1 Å². The van der Waals surface area contributed by atoms with Gasteiger partial charge in [-0.3, -0.25) is 0 Å². The Morgan fingerprint density at radius 2 is 2.06 bits per heavy atom. The molecule has 3 atom stereocenters. The van der Waals surface area contributed by atoms with Crippen LogP contribution in [-0.4, -0.2) is 12.9 Å². The Morgan fingerprint density at radius 3 is 2.88 bits per heavy atom. The molecule has 3 rings (SSSR count). The van der Waals surface area contributed by atoms with Gasteiger partial charge in [0.15, 0.2) is 6.29 Å². The van der Waals surface area contributed by atoms with E-state index in [-0.39, 0.29) is 12.4 Å². The van der Waals surface area contributed by atoms with Crippen LogP contribution in [-0.2, 0) is 15.9 Å². The van der Waals surface area contributed by atoms with Crippen molar-refractivity contribution in [2.24, 2.45) is 11.8 Å². The van der Waals surface area contributed by atoms with Gasteiger partial charge in [0, 0.05) is 11.8 Å². The van der Waals surface area contributed by atoms with Crippen molar-refractivity contribution in [1.29, 1.82) is 0 Å². The predicted octanol–water partition coefficient (Wildman–Crippen LogP) is 2.93. The number of hydrogen-bond acceptors (Lipinski definition) is 2. The SMILES string of the molecule is CC(C)[C@@H]1OC[C@@H]2Cc3ccccc3[C@H]2O1. The fraction of sp³-hybridized carbons (Fsp3) is 0.571. The summed E-state index contributed by atoms with van der Waals surface area (Å²) in [5.74, 6) is 0.945. The first-order valence-corrected chi connectivity index (χ1v) is 6.10. The van der Waals surface area contributed by atoms with Gasteiger partial charge in [0.1, 0.15) is 0 Å². The molecular formula is C14H18O2. The van der Waals surface area contributed by atoms with Crippen LogP contribution in [0.5, 0.6) is 0 Å². The third kappa shape index (κ3) is 1.57. The van der Waals surface area contributed by atoms with Crippen LogP contribution in [0.3, 0.4) is 0 Å². The van der Waals surface area contributed by atoms with Crippen molar-refractivity contribution in [2.75, 3.05) is 6.61 Å². The van der Waals surface area contributed by atoms with E-state index in [2.05, 4.69) is 38.1 Å². The summed E-state index contributed by atoms with van der Waals surface area (Å²) in [6, 6.07) is 8.62. The quantitative estimate of drug-likeness (QED) is 0.721. The van der Waals surface area contributed by atoms with Gasteiger partial charge in [0.05, 0.1) is 12.7 Å². The van der Waals surface area contributed by atoms with E-state index in [9.17, 15) is 0 Å². The normalized spacial score (nSPS) is 32.6. The predicted molar refractivity (Wildman–Crippen MR) is 62.0 cm³/mol. The Bertz CT molecular complexity index is 386. The van der Waals surface area contributed by atoms with Crippen molar-refractivity contribution in [3.8, 4) is 0 Å². The lowest BCUT2D eigenvalue weighted by molar-refractivity contribution is -0.251. The topological polar surface area (TPSA) is 18.5 Å². The molecule has 0 N–H and O–H groups in total. The summed E-state index contributed by atoms with van der Waals surface area (Å²) in [6.45, 7) is 5.12. The molecule has 0 radical (unpaired) electrons. The Kier molecular flexibility index (Phi) is 2.49. The van der Waals surface area contributed by atoms with Crippen molar-refractivity contribution < 1.29 is 9.47 Å². The first-order valence-electron chi connectivity index (χ1n) is 6.10. The first-order chi connectivity index (χ1) is 7.75. The van der Waals surface area contributed by atoms with Crippen LogP contribution in [0.25, 0.3) is 0 Å². The van der Waals surface area contributed by atoms with Gasteiger partial charge < -0.3 is 9.47 Å². The third-order valence-corrected chi connectivity index (χ3v) is 3.57. The summed E-state index contributed by atoms with van der Waals surface area (Å²) in [7, 11) is 0. The summed E-state index contributed by atoms with van der Waals surface area (Å²) in [6.07, 6.45) is 1.33. The Labute approximate surface area is 96.6 Å². The van der Waals surface area contributed by atoms with E-state index in [1.54, 1.807) is 0 Å². The van der Waals surface area contributed by atoms with Crippen LogP contribution in [0, 0.1) is 11.8 Å². The number of benzene rings is 1. The highest BCUT2D eigenvalue weighted by atomic mass is 16.7. The van der Waals surface area contributed by atoms with E-state index in [1.165, 1.54) is 11.1 Å². The average Bonchev–Trinajstić information content (AvgIpc) is 2.66. The van der Waals surface area contributed by atoms with Crippen LogP contribution >= 0.6 is 0 Å². The molecule has 2 aliphatic rings. The first kappa shape index (κ1) is 10.3. The Balaban J connectivity index is 1.87. The zero-order valence-electron chi connectivity index (χ0n) is 9.85. The van der Waals surface area contributed by atoms with E-state index >= 15 is 0 Å². The zero-order valence-corrected chi connectivity index (χ0v) is 9.85. The molecule has 0 aromatic heterocycles. The molecule has 86 valence electrons. The van der Waals surface area contributed by atoms with Crippen molar-refractivity contribution >= 4 is 0 Å². The van der Waals surface area contributed by atoms with Crippen LogP contribution < -0.4 is 0 Å². The molecule has 0 spiro atoms. The summed E-state index contributed by atoms with van der Waals surface area (Å²) in [5, 5.41) is 0. The van der Waals surface area contributed by atoms with E-state index < -0.39 is 0 Å². The van der Waals surface area contributed by atoms with Crippen LogP contribution in [0.2, 0.25) is 0 Å². The lowest BCUT2D eigenvalue weighted by Crippen LogP contribution is -2.35. The van der Waals surface area contributed by atoms with Crippen LogP contribution in [0.4, 0.5) is 0 Å². The van der Waals surface area contributed by atoms with Gasteiger partial charge in [-0.2, -0.15) is 0 Å². The van der Waals surface area contributed by atoms with Gasteiger partial charge in [0.2, 0.25) is 0 Å². The molecule has 0 amide bonds. The largest absolute Gasteiger partial charge is 0.352 e. The maximum atomic E-state index is 6.08. The van der Waals surface area contributed by atoms with Gasteiger partial charge in [-0.05, 0) is 17.5 Å². The maximum Gasteiger partial charge on any atom is 0.160 e. The molecule has 1 aromatic carbocycles. The van der Waals surface area contributed by atoms with Crippen molar-refractivity contribution in [1.82, 2.24) is 0 Å². The molecule has 1 heterocycles. The number of rotatable bonds is 1. The smallest absolute Gasteiger partial charge is 0.160 e. The molecule has 1 aliphatic heterocycles. The number of fused-ring (bicyclic) bond motifs is 3. The number of hydrogen-bond donors (Lipinski definition) is 0. The van der Waals surface area contributed by atoms with E-state index in [4.69, 9.17) is 9.47 Å². The molecule has 1 fully saturated rings. The van der Waals surface area contributed by atoms with Crippen molar-refractivity contribution in [3.05, 3.63) is 35.4 Å². The average molecular weight is 218 g/mol. The molecule has 2 nitrogen and oxygen atoms in total. The van der Waals surface area contributed by atoms with Gasteiger partial charge in [-0.25, -0.2) is 0 Å². The second kappa shape index (κ2) is 3.86. The van der Waals surface area contributed by atoms with E-state index in [0.717, 1.165) is 13.0 Å². The molecule has 0 unspecified atom stereocenters. The highest BCUT2D eigenvalue weighted by Crippen LogP contribution is 2.43. The Hall–Kier alpha value is -0.860. The molecule has 0 bridgehead atoms. The van der Waals surface area contributed by atoms with Gasteiger partial charge >= 0.3 is 0 Å². The molecular weight excluding hydrogens is 200 g/mol. The van der Waals surface area contributed by atoms with Crippen molar-refractivity contribution in [2.45, 2.75) is 32.7 Å². The molecule has 0 saturated carbocycles.